The van der Waals surface area contributed by atoms with Crippen molar-refractivity contribution in [3.63, 3.8) is 0 Å². The fraction of sp³-hybridized carbons (Fsp3) is 0.250. The Hall–Kier alpha value is -3.15. The van der Waals surface area contributed by atoms with Gasteiger partial charge < -0.3 is 15.4 Å². The smallest absolute Gasteiger partial charge is 0.328 e. The quantitative estimate of drug-likeness (QED) is 0.742. The van der Waals surface area contributed by atoms with Crippen LogP contribution in [0.2, 0.25) is 0 Å². The molecule has 2 amide bonds. The molecule has 6 heteroatoms. The van der Waals surface area contributed by atoms with E-state index in [2.05, 4.69) is 10.6 Å². The summed E-state index contributed by atoms with van der Waals surface area (Å²) < 4.78 is 4.77. The first-order valence-corrected chi connectivity index (χ1v) is 8.29. The summed E-state index contributed by atoms with van der Waals surface area (Å²) in [7, 11) is 1.27. The lowest BCUT2D eigenvalue weighted by Crippen LogP contribution is -2.51. The molecule has 136 valence electrons. The van der Waals surface area contributed by atoms with Gasteiger partial charge in [-0.1, -0.05) is 48.5 Å². The third kappa shape index (κ3) is 5.44. The predicted molar refractivity (Wildman–Crippen MR) is 97.5 cm³/mol. The van der Waals surface area contributed by atoms with Gasteiger partial charge in [0.15, 0.2) is 0 Å². The van der Waals surface area contributed by atoms with Gasteiger partial charge in [-0.15, -0.1) is 0 Å². The second-order valence-corrected chi connectivity index (χ2v) is 5.84. The van der Waals surface area contributed by atoms with E-state index in [1.165, 1.54) is 7.11 Å². The summed E-state index contributed by atoms with van der Waals surface area (Å²) in [5.74, 6) is -1.35. The number of nitrogens with one attached hydrogen (secondary N) is 2. The van der Waals surface area contributed by atoms with Crippen molar-refractivity contribution in [1.82, 2.24) is 10.6 Å². The van der Waals surface area contributed by atoms with Crippen LogP contribution in [0.25, 0.3) is 0 Å². The molecule has 0 unspecified atom stereocenters. The number of esters is 1. The SMILES string of the molecule is COC(=O)[C@H](Cc1ccccc1)NC(=O)[C@H](C)NC(=O)c1ccccc1. The molecule has 0 fully saturated rings. The molecule has 26 heavy (non-hydrogen) atoms. The molecule has 0 bridgehead atoms. The van der Waals surface area contributed by atoms with Crippen molar-refractivity contribution < 1.29 is 19.1 Å². The van der Waals surface area contributed by atoms with E-state index in [1.54, 1.807) is 37.3 Å². The lowest BCUT2D eigenvalue weighted by Gasteiger charge is -2.20. The normalized spacial score (nSPS) is 12.5. The lowest BCUT2D eigenvalue weighted by atomic mass is 10.1. The van der Waals surface area contributed by atoms with E-state index in [0.717, 1.165) is 5.56 Å². The minimum atomic E-state index is -0.828. The highest BCUT2D eigenvalue weighted by molar-refractivity contribution is 5.98. The second kappa shape index (κ2) is 9.36. The Morgan fingerprint density at radius 3 is 2.08 bits per heavy atom. The van der Waals surface area contributed by atoms with Gasteiger partial charge in [-0.3, -0.25) is 9.59 Å². The van der Waals surface area contributed by atoms with Crippen LogP contribution in [0.1, 0.15) is 22.8 Å². The van der Waals surface area contributed by atoms with E-state index in [1.807, 2.05) is 30.3 Å². The highest BCUT2D eigenvalue weighted by Crippen LogP contribution is 2.05. The summed E-state index contributed by atoms with van der Waals surface area (Å²) in [5.41, 5.74) is 1.35. The third-order valence-electron chi connectivity index (χ3n) is 3.86. The predicted octanol–water partition coefficient (Wildman–Crippen LogP) is 1.71. The van der Waals surface area contributed by atoms with Crippen molar-refractivity contribution in [2.24, 2.45) is 0 Å². The Kier molecular flexibility index (Phi) is 6.91. The fourth-order valence-electron chi connectivity index (χ4n) is 2.42. The van der Waals surface area contributed by atoms with Crippen LogP contribution in [0.3, 0.4) is 0 Å². The van der Waals surface area contributed by atoms with Gasteiger partial charge in [0, 0.05) is 12.0 Å². The zero-order chi connectivity index (χ0) is 18.9. The van der Waals surface area contributed by atoms with Gasteiger partial charge in [-0.25, -0.2) is 4.79 Å². The molecule has 0 saturated carbocycles. The summed E-state index contributed by atoms with van der Waals surface area (Å²) in [4.78, 5) is 36.5. The zero-order valence-electron chi connectivity index (χ0n) is 14.8. The number of benzene rings is 2. The molecule has 2 rings (SSSR count). The van der Waals surface area contributed by atoms with Gasteiger partial charge >= 0.3 is 5.97 Å². The molecule has 0 heterocycles. The molecule has 0 aromatic heterocycles. The van der Waals surface area contributed by atoms with E-state index in [9.17, 15) is 14.4 Å². The molecule has 2 aromatic carbocycles. The van der Waals surface area contributed by atoms with Crippen molar-refractivity contribution in [3.05, 3.63) is 71.8 Å². The van der Waals surface area contributed by atoms with Gasteiger partial charge in [0.2, 0.25) is 5.91 Å². The Morgan fingerprint density at radius 2 is 1.50 bits per heavy atom. The van der Waals surface area contributed by atoms with Crippen LogP contribution >= 0.6 is 0 Å². The number of carbonyl (C=O) groups excluding carboxylic acids is 3. The molecule has 0 radical (unpaired) electrons. The van der Waals surface area contributed by atoms with E-state index in [-0.39, 0.29) is 5.91 Å². The number of amides is 2. The molecule has 6 nitrogen and oxygen atoms in total. The molecule has 2 atom stereocenters. The van der Waals surface area contributed by atoms with Crippen molar-refractivity contribution in [2.75, 3.05) is 7.11 Å². The maximum absolute atomic E-state index is 12.4. The van der Waals surface area contributed by atoms with Gasteiger partial charge in [-0.2, -0.15) is 0 Å². The number of hydrogen-bond donors (Lipinski definition) is 2. The number of carbonyl (C=O) groups is 3. The highest BCUT2D eigenvalue weighted by Gasteiger charge is 2.25. The molecule has 2 aromatic rings. The van der Waals surface area contributed by atoms with Crippen LogP contribution in [-0.4, -0.2) is 37.0 Å². The zero-order valence-corrected chi connectivity index (χ0v) is 14.8. The summed E-state index contributed by atoms with van der Waals surface area (Å²) in [5, 5.41) is 5.26. The van der Waals surface area contributed by atoms with Gasteiger partial charge in [-0.05, 0) is 24.6 Å². The molecule has 0 saturated heterocycles. The lowest BCUT2D eigenvalue weighted by molar-refractivity contribution is -0.145. The molecular formula is C20H22N2O4. The molecule has 0 aliphatic heterocycles. The standard InChI is InChI=1S/C20H22N2O4/c1-14(21-19(24)16-11-7-4-8-12-16)18(23)22-17(20(25)26-2)13-15-9-5-3-6-10-15/h3-12,14,17H,13H2,1-2H3,(H,21,24)(H,22,23)/t14-,17-/m0/s1. The minimum Gasteiger partial charge on any atom is -0.467 e. The largest absolute Gasteiger partial charge is 0.467 e. The number of hydrogen-bond acceptors (Lipinski definition) is 4. The monoisotopic (exact) mass is 354 g/mol. The first-order chi connectivity index (χ1) is 12.5. The van der Waals surface area contributed by atoms with Gasteiger partial charge in [0.25, 0.3) is 5.91 Å². The topological polar surface area (TPSA) is 84.5 Å². The average Bonchev–Trinajstić information content (AvgIpc) is 2.68. The first-order valence-electron chi connectivity index (χ1n) is 8.29. The van der Waals surface area contributed by atoms with E-state index in [0.29, 0.717) is 12.0 Å². The van der Waals surface area contributed by atoms with Crippen LogP contribution in [0, 0.1) is 0 Å². The van der Waals surface area contributed by atoms with Gasteiger partial charge in [0.1, 0.15) is 12.1 Å². The molecular weight excluding hydrogens is 332 g/mol. The molecule has 0 aliphatic rings. The number of rotatable bonds is 7. The molecule has 0 aliphatic carbocycles. The average molecular weight is 354 g/mol. The summed E-state index contributed by atoms with van der Waals surface area (Å²) in [6, 6.07) is 16.3. The van der Waals surface area contributed by atoms with Crippen LogP contribution in [0.4, 0.5) is 0 Å². The Labute approximate surface area is 152 Å². The summed E-state index contributed by atoms with van der Waals surface area (Å²) in [6.45, 7) is 1.56. The van der Waals surface area contributed by atoms with Crippen molar-refractivity contribution >= 4 is 17.8 Å². The van der Waals surface area contributed by atoms with Crippen molar-refractivity contribution in [1.29, 1.82) is 0 Å². The van der Waals surface area contributed by atoms with E-state index < -0.39 is 24.0 Å². The molecule has 2 N–H and O–H groups in total. The fourth-order valence-corrected chi connectivity index (χ4v) is 2.42. The van der Waals surface area contributed by atoms with E-state index >= 15 is 0 Å². The maximum atomic E-state index is 12.4. The number of ether oxygens (including phenoxy) is 1. The molecule has 0 spiro atoms. The van der Waals surface area contributed by atoms with Gasteiger partial charge in [0.05, 0.1) is 7.11 Å². The van der Waals surface area contributed by atoms with Crippen molar-refractivity contribution in [2.45, 2.75) is 25.4 Å². The first kappa shape index (κ1) is 19.2. The maximum Gasteiger partial charge on any atom is 0.328 e. The number of methoxy groups -OCH3 is 1. The Bertz CT molecular complexity index is 747. The minimum absolute atomic E-state index is 0.304. The second-order valence-electron chi connectivity index (χ2n) is 5.84. The van der Waals surface area contributed by atoms with Crippen molar-refractivity contribution in [3.8, 4) is 0 Å². The third-order valence-corrected chi connectivity index (χ3v) is 3.86. The summed E-state index contributed by atoms with van der Waals surface area (Å²) >= 11 is 0. The Balaban J connectivity index is 1.99. The van der Waals surface area contributed by atoms with E-state index in [4.69, 9.17) is 4.74 Å². The van der Waals surface area contributed by atoms with Crippen LogP contribution in [0.5, 0.6) is 0 Å². The van der Waals surface area contributed by atoms with Crippen LogP contribution < -0.4 is 10.6 Å². The highest BCUT2D eigenvalue weighted by atomic mass is 16.5. The van der Waals surface area contributed by atoms with Crippen LogP contribution in [0.15, 0.2) is 60.7 Å². The summed E-state index contributed by atoms with van der Waals surface area (Å²) in [6.07, 6.45) is 0.304. The Morgan fingerprint density at radius 1 is 0.923 bits per heavy atom. The van der Waals surface area contributed by atoms with Crippen LogP contribution in [-0.2, 0) is 20.7 Å².